The van der Waals surface area contributed by atoms with Crippen LogP contribution in [0.15, 0.2) is 5.16 Å². The van der Waals surface area contributed by atoms with Crippen molar-refractivity contribution in [2.45, 2.75) is 46.3 Å². The van der Waals surface area contributed by atoms with Gasteiger partial charge in [-0.05, 0) is 32.5 Å². The summed E-state index contributed by atoms with van der Waals surface area (Å²) in [6, 6.07) is 0. The van der Waals surface area contributed by atoms with E-state index in [0.717, 1.165) is 18.6 Å². The second-order valence-electron chi connectivity index (χ2n) is 3.57. The Morgan fingerprint density at radius 1 is 1.18 bits per heavy atom. The zero-order chi connectivity index (χ0) is 8.91. The van der Waals surface area contributed by atoms with Crippen molar-refractivity contribution in [1.29, 1.82) is 0 Å². The smallest absolute Gasteiger partial charge is 0.278 e. The molecule has 3 heteroatoms. The fourth-order valence-electron chi connectivity index (χ4n) is 0.581. The van der Waals surface area contributed by atoms with Crippen LogP contribution in [0.4, 0.5) is 0 Å². The molecule has 0 unspecified atom stereocenters. The third-order valence-electron chi connectivity index (χ3n) is 1.26. The predicted molar refractivity (Wildman–Crippen MR) is 52.4 cm³/mol. The van der Waals surface area contributed by atoms with E-state index in [2.05, 4.69) is 38.6 Å². The summed E-state index contributed by atoms with van der Waals surface area (Å²) >= 11 is 0. The summed E-state index contributed by atoms with van der Waals surface area (Å²) < 4.78 is 5.40. The highest BCUT2D eigenvalue weighted by Crippen LogP contribution is 2.04. The Hall–Kier alpha value is -0.313. The van der Waals surface area contributed by atoms with Gasteiger partial charge in [0.05, 0.1) is 5.71 Å². The Bertz CT molecular complexity index is 132. The highest BCUT2D eigenvalue weighted by atomic mass is 28.4. The highest BCUT2D eigenvalue weighted by molar-refractivity contribution is 6.69. The minimum atomic E-state index is -1.44. The molecule has 0 amide bonds. The molecule has 0 heterocycles. The van der Waals surface area contributed by atoms with Gasteiger partial charge in [-0.3, -0.25) is 0 Å². The van der Waals surface area contributed by atoms with Crippen LogP contribution in [0.2, 0.25) is 19.6 Å². The molecule has 0 N–H and O–H groups in total. The van der Waals surface area contributed by atoms with Crippen LogP contribution in [0, 0.1) is 0 Å². The molecule has 0 radical (unpaired) electrons. The van der Waals surface area contributed by atoms with Crippen LogP contribution in [0.25, 0.3) is 0 Å². The third kappa shape index (κ3) is 6.10. The predicted octanol–water partition coefficient (Wildman–Crippen LogP) is 3.01. The van der Waals surface area contributed by atoms with Crippen molar-refractivity contribution in [3.05, 3.63) is 0 Å². The van der Waals surface area contributed by atoms with E-state index in [4.69, 9.17) is 4.53 Å². The minimum Gasteiger partial charge on any atom is -0.456 e. The first-order chi connectivity index (χ1) is 4.99. The molecule has 0 aromatic carbocycles. The average Bonchev–Trinajstić information content (AvgIpc) is 1.88. The van der Waals surface area contributed by atoms with Crippen LogP contribution in [-0.4, -0.2) is 14.0 Å². The lowest BCUT2D eigenvalue weighted by Crippen LogP contribution is -2.22. The molecule has 0 saturated carbocycles. The summed E-state index contributed by atoms with van der Waals surface area (Å²) in [4.78, 5) is 0. The van der Waals surface area contributed by atoms with E-state index in [1.807, 2.05) is 0 Å². The molecule has 66 valence electrons. The van der Waals surface area contributed by atoms with Crippen molar-refractivity contribution in [1.82, 2.24) is 0 Å². The zero-order valence-corrected chi connectivity index (χ0v) is 9.27. The first kappa shape index (κ1) is 10.7. The monoisotopic (exact) mass is 173 g/mol. The lowest BCUT2D eigenvalue weighted by molar-refractivity contribution is 0.333. The number of oxime groups is 1. The molecule has 0 atom stereocenters. The summed E-state index contributed by atoms with van der Waals surface area (Å²) in [5.74, 6) is 0. The maximum atomic E-state index is 5.40. The molecular weight excluding hydrogens is 154 g/mol. The van der Waals surface area contributed by atoms with Crippen molar-refractivity contribution >= 4 is 14.0 Å². The number of hydrogen-bond acceptors (Lipinski definition) is 2. The van der Waals surface area contributed by atoms with Crippen molar-refractivity contribution in [3.8, 4) is 0 Å². The molecule has 0 aliphatic carbocycles. The summed E-state index contributed by atoms with van der Waals surface area (Å²) in [6.07, 6.45) is 2.00. The fourth-order valence-corrected chi connectivity index (χ4v) is 0.984. The van der Waals surface area contributed by atoms with Gasteiger partial charge in [-0.2, -0.15) is 0 Å². The topological polar surface area (TPSA) is 21.6 Å². The Balaban J connectivity index is 3.89. The van der Waals surface area contributed by atoms with E-state index in [-0.39, 0.29) is 0 Å². The van der Waals surface area contributed by atoms with Gasteiger partial charge in [0.1, 0.15) is 0 Å². The normalized spacial score (nSPS) is 11.0. The number of hydrogen-bond donors (Lipinski definition) is 0. The van der Waals surface area contributed by atoms with E-state index >= 15 is 0 Å². The van der Waals surface area contributed by atoms with Crippen molar-refractivity contribution in [2.24, 2.45) is 5.16 Å². The first-order valence-electron chi connectivity index (χ1n) is 4.23. The van der Waals surface area contributed by atoms with E-state index in [0.29, 0.717) is 0 Å². The fraction of sp³-hybridized carbons (Fsp3) is 0.875. The van der Waals surface area contributed by atoms with Gasteiger partial charge in [0.15, 0.2) is 0 Å². The summed E-state index contributed by atoms with van der Waals surface area (Å²) in [5, 5.41) is 4.11. The van der Waals surface area contributed by atoms with Crippen molar-refractivity contribution < 1.29 is 4.53 Å². The molecular formula is C8H19NOSi. The van der Waals surface area contributed by atoms with Gasteiger partial charge in [-0.25, -0.2) is 0 Å². The molecule has 0 aromatic heterocycles. The number of nitrogens with zero attached hydrogens (tertiary/aromatic N) is 1. The maximum Gasteiger partial charge on any atom is 0.278 e. The molecule has 0 spiro atoms. The molecule has 0 bridgehead atoms. The van der Waals surface area contributed by atoms with Gasteiger partial charge in [0, 0.05) is 0 Å². The van der Waals surface area contributed by atoms with Crippen molar-refractivity contribution in [3.63, 3.8) is 0 Å². The largest absolute Gasteiger partial charge is 0.456 e. The van der Waals surface area contributed by atoms with Gasteiger partial charge in [-0.1, -0.05) is 13.8 Å². The van der Waals surface area contributed by atoms with E-state index in [1.165, 1.54) is 0 Å². The van der Waals surface area contributed by atoms with Gasteiger partial charge < -0.3 is 4.53 Å². The lowest BCUT2D eigenvalue weighted by atomic mass is 10.2. The molecule has 0 aliphatic heterocycles. The third-order valence-corrected chi connectivity index (χ3v) is 1.90. The SMILES string of the molecule is CCC(CC)=NO[Si](C)(C)C. The van der Waals surface area contributed by atoms with Crippen LogP contribution >= 0.6 is 0 Å². The van der Waals surface area contributed by atoms with Crippen LogP contribution in [-0.2, 0) is 4.53 Å². The molecule has 0 rings (SSSR count). The van der Waals surface area contributed by atoms with Crippen molar-refractivity contribution in [2.75, 3.05) is 0 Å². The summed E-state index contributed by atoms with van der Waals surface area (Å²) in [6.45, 7) is 10.6. The molecule has 0 fully saturated rings. The van der Waals surface area contributed by atoms with Crippen LogP contribution in [0.1, 0.15) is 26.7 Å². The van der Waals surface area contributed by atoms with E-state index < -0.39 is 8.32 Å². The van der Waals surface area contributed by atoms with Gasteiger partial charge in [0.2, 0.25) is 0 Å². The Kier molecular flexibility index (Phi) is 4.41. The quantitative estimate of drug-likeness (QED) is 0.364. The van der Waals surface area contributed by atoms with Gasteiger partial charge >= 0.3 is 0 Å². The van der Waals surface area contributed by atoms with Gasteiger partial charge in [0.25, 0.3) is 8.32 Å². The Labute approximate surface area is 70.8 Å². The lowest BCUT2D eigenvalue weighted by Gasteiger charge is -2.13. The minimum absolute atomic E-state index is 1.00. The molecule has 0 aliphatic rings. The Morgan fingerprint density at radius 2 is 1.64 bits per heavy atom. The van der Waals surface area contributed by atoms with Crippen LogP contribution < -0.4 is 0 Å². The van der Waals surface area contributed by atoms with E-state index in [1.54, 1.807) is 0 Å². The van der Waals surface area contributed by atoms with Gasteiger partial charge in [-0.15, -0.1) is 5.16 Å². The highest BCUT2D eigenvalue weighted by Gasteiger charge is 2.15. The average molecular weight is 173 g/mol. The van der Waals surface area contributed by atoms with Crippen LogP contribution in [0.5, 0.6) is 0 Å². The Morgan fingerprint density at radius 3 is 1.91 bits per heavy atom. The first-order valence-corrected chi connectivity index (χ1v) is 7.64. The zero-order valence-electron chi connectivity index (χ0n) is 8.27. The second kappa shape index (κ2) is 4.54. The van der Waals surface area contributed by atoms with Crippen LogP contribution in [0.3, 0.4) is 0 Å². The maximum absolute atomic E-state index is 5.40. The standard InChI is InChI=1S/C8H19NOSi/c1-6-8(7-2)9-10-11(3,4)5/h6-7H2,1-5H3. The molecule has 2 nitrogen and oxygen atoms in total. The summed E-state index contributed by atoms with van der Waals surface area (Å²) in [7, 11) is -1.44. The summed E-state index contributed by atoms with van der Waals surface area (Å²) in [5.41, 5.74) is 1.16. The number of rotatable bonds is 4. The molecule has 0 aromatic rings. The molecule has 11 heavy (non-hydrogen) atoms. The second-order valence-corrected chi connectivity index (χ2v) is 7.98. The molecule has 0 saturated heterocycles. The van der Waals surface area contributed by atoms with E-state index in [9.17, 15) is 0 Å².